The highest BCUT2D eigenvalue weighted by atomic mass is 16.3. The van der Waals surface area contributed by atoms with E-state index in [-0.39, 0.29) is 0 Å². The number of nitrogen functional groups attached to an aromatic ring is 1. The fourth-order valence-corrected chi connectivity index (χ4v) is 2.11. The Bertz CT molecular complexity index is 564. The summed E-state index contributed by atoms with van der Waals surface area (Å²) in [5.74, 6) is 0. The van der Waals surface area contributed by atoms with Crippen molar-refractivity contribution in [3.8, 4) is 0 Å². The van der Waals surface area contributed by atoms with Gasteiger partial charge >= 0.3 is 0 Å². The van der Waals surface area contributed by atoms with E-state index in [1.807, 2.05) is 38.1 Å². The van der Waals surface area contributed by atoms with Crippen molar-refractivity contribution in [1.29, 1.82) is 0 Å². The van der Waals surface area contributed by atoms with Gasteiger partial charge in [0.1, 0.15) is 0 Å². The first kappa shape index (κ1) is 13.6. The third kappa shape index (κ3) is 2.79. The molecular formula is C15H21N3O. The van der Waals surface area contributed by atoms with Gasteiger partial charge in [0.2, 0.25) is 0 Å². The Morgan fingerprint density at radius 1 is 1.26 bits per heavy atom. The number of fused-ring (bicyclic) bond motifs is 1. The highest BCUT2D eigenvalue weighted by Gasteiger charge is 2.21. The number of pyridine rings is 1. The summed E-state index contributed by atoms with van der Waals surface area (Å²) in [4.78, 5) is 4.30. The Kier molecular flexibility index (Phi) is 3.90. The largest absolute Gasteiger partial charge is 0.397 e. The molecule has 0 fully saturated rings. The number of para-hydroxylation sites is 1. The second-order valence-corrected chi connectivity index (χ2v) is 4.89. The molecule has 102 valence electrons. The Morgan fingerprint density at radius 3 is 2.68 bits per heavy atom. The third-order valence-corrected chi connectivity index (χ3v) is 3.73. The van der Waals surface area contributed by atoms with Gasteiger partial charge in [0.25, 0.3) is 0 Å². The molecule has 4 nitrogen and oxygen atoms in total. The van der Waals surface area contributed by atoms with Gasteiger partial charge in [-0.25, -0.2) is 0 Å². The normalized spacial score (nSPS) is 11.7. The summed E-state index contributed by atoms with van der Waals surface area (Å²) in [5.41, 5.74) is 7.67. The van der Waals surface area contributed by atoms with Crippen molar-refractivity contribution in [2.24, 2.45) is 0 Å². The van der Waals surface area contributed by atoms with Gasteiger partial charge in [-0.1, -0.05) is 26.0 Å². The molecule has 0 radical (unpaired) electrons. The molecule has 0 aliphatic carbocycles. The van der Waals surface area contributed by atoms with Crippen molar-refractivity contribution in [1.82, 2.24) is 4.98 Å². The summed E-state index contributed by atoms with van der Waals surface area (Å²) in [6.07, 6.45) is 3.18. The molecule has 1 aromatic heterocycles. The SMILES string of the molecule is CCC(O)(CC)CNc1ccnc2c(N)cccc12. The number of anilines is 2. The van der Waals surface area contributed by atoms with Crippen LogP contribution in [0, 0.1) is 0 Å². The lowest BCUT2D eigenvalue weighted by atomic mass is 9.97. The lowest BCUT2D eigenvalue weighted by Gasteiger charge is -2.26. The molecule has 4 N–H and O–H groups in total. The number of aromatic nitrogens is 1. The number of nitrogens with one attached hydrogen (secondary N) is 1. The van der Waals surface area contributed by atoms with E-state index in [0.717, 1.165) is 29.4 Å². The molecular weight excluding hydrogens is 238 g/mol. The van der Waals surface area contributed by atoms with Crippen molar-refractivity contribution < 1.29 is 5.11 Å². The second-order valence-electron chi connectivity index (χ2n) is 4.89. The van der Waals surface area contributed by atoms with Crippen LogP contribution in [0.15, 0.2) is 30.5 Å². The van der Waals surface area contributed by atoms with Gasteiger partial charge in [0.15, 0.2) is 0 Å². The van der Waals surface area contributed by atoms with Crippen molar-refractivity contribution in [2.45, 2.75) is 32.3 Å². The highest BCUT2D eigenvalue weighted by molar-refractivity contribution is 5.97. The van der Waals surface area contributed by atoms with Crippen LogP contribution in [0.2, 0.25) is 0 Å². The molecule has 0 spiro atoms. The van der Waals surface area contributed by atoms with Crippen LogP contribution < -0.4 is 11.1 Å². The average molecular weight is 259 g/mol. The summed E-state index contributed by atoms with van der Waals surface area (Å²) >= 11 is 0. The Morgan fingerprint density at radius 2 is 2.00 bits per heavy atom. The number of benzene rings is 1. The van der Waals surface area contributed by atoms with Crippen LogP contribution in [0.4, 0.5) is 11.4 Å². The average Bonchev–Trinajstić information content (AvgIpc) is 2.45. The maximum absolute atomic E-state index is 10.3. The molecule has 1 aromatic carbocycles. The predicted octanol–water partition coefficient (Wildman–Crippen LogP) is 2.78. The number of hydrogen-bond acceptors (Lipinski definition) is 4. The molecule has 0 aliphatic rings. The summed E-state index contributed by atoms with van der Waals surface area (Å²) in [7, 11) is 0. The number of rotatable bonds is 5. The summed E-state index contributed by atoms with van der Waals surface area (Å²) in [6.45, 7) is 4.51. The quantitative estimate of drug-likeness (QED) is 0.722. The highest BCUT2D eigenvalue weighted by Crippen LogP contribution is 2.26. The van der Waals surface area contributed by atoms with Gasteiger partial charge in [-0.2, -0.15) is 0 Å². The molecule has 1 heterocycles. The second kappa shape index (κ2) is 5.45. The smallest absolute Gasteiger partial charge is 0.0951 e. The summed E-state index contributed by atoms with van der Waals surface area (Å²) in [6, 6.07) is 7.65. The standard InChI is InChI=1S/C15H21N3O/c1-3-15(19,4-2)10-18-13-8-9-17-14-11(13)6-5-7-12(14)16/h5-9,19H,3-4,10,16H2,1-2H3,(H,17,18). The van der Waals surface area contributed by atoms with Crippen molar-refractivity contribution in [3.05, 3.63) is 30.5 Å². The van der Waals surface area contributed by atoms with Crippen LogP contribution in [0.25, 0.3) is 10.9 Å². The fourth-order valence-electron chi connectivity index (χ4n) is 2.11. The third-order valence-electron chi connectivity index (χ3n) is 3.73. The lowest BCUT2D eigenvalue weighted by Crippen LogP contribution is -2.35. The van der Waals surface area contributed by atoms with Gasteiger partial charge in [-0.3, -0.25) is 4.98 Å². The lowest BCUT2D eigenvalue weighted by molar-refractivity contribution is 0.0457. The fraction of sp³-hybridized carbons (Fsp3) is 0.400. The Hall–Kier alpha value is -1.81. The zero-order valence-corrected chi connectivity index (χ0v) is 11.5. The van der Waals surface area contributed by atoms with E-state index in [1.54, 1.807) is 6.20 Å². The Labute approximate surface area is 113 Å². The zero-order chi connectivity index (χ0) is 13.9. The van der Waals surface area contributed by atoms with Crippen molar-refractivity contribution in [3.63, 3.8) is 0 Å². The monoisotopic (exact) mass is 259 g/mol. The molecule has 0 bridgehead atoms. The van der Waals surface area contributed by atoms with E-state index in [9.17, 15) is 5.11 Å². The maximum atomic E-state index is 10.3. The van der Waals surface area contributed by atoms with Crippen molar-refractivity contribution in [2.75, 3.05) is 17.6 Å². The van der Waals surface area contributed by atoms with Gasteiger partial charge < -0.3 is 16.2 Å². The number of aliphatic hydroxyl groups is 1. The van der Waals surface area contributed by atoms with Crippen molar-refractivity contribution >= 4 is 22.3 Å². The first-order valence-corrected chi connectivity index (χ1v) is 6.69. The molecule has 19 heavy (non-hydrogen) atoms. The molecule has 2 rings (SSSR count). The van der Waals surface area contributed by atoms with Crippen LogP contribution in [0.3, 0.4) is 0 Å². The topological polar surface area (TPSA) is 71.2 Å². The minimum atomic E-state index is -0.671. The minimum Gasteiger partial charge on any atom is -0.397 e. The predicted molar refractivity (Wildman–Crippen MR) is 80.2 cm³/mol. The van der Waals surface area contributed by atoms with Gasteiger partial charge in [-0.05, 0) is 25.0 Å². The van der Waals surface area contributed by atoms with E-state index in [4.69, 9.17) is 5.73 Å². The first-order valence-electron chi connectivity index (χ1n) is 6.69. The molecule has 4 heteroatoms. The molecule has 2 aromatic rings. The zero-order valence-electron chi connectivity index (χ0n) is 11.5. The molecule has 0 atom stereocenters. The molecule has 0 aliphatic heterocycles. The molecule has 0 amide bonds. The molecule has 0 saturated heterocycles. The van der Waals surface area contributed by atoms with Gasteiger partial charge in [0, 0.05) is 23.8 Å². The van der Waals surface area contributed by atoms with E-state index < -0.39 is 5.60 Å². The maximum Gasteiger partial charge on any atom is 0.0951 e. The summed E-state index contributed by atoms with van der Waals surface area (Å²) in [5, 5.41) is 14.6. The van der Waals surface area contributed by atoms with Gasteiger partial charge in [0.05, 0.1) is 16.8 Å². The van der Waals surface area contributed by atoms with Crippen LogP contribution in [-0.4, -0.2) is 22.2 Å². The van der Waals surface area contributed by atoms with Crippen LogP contribution in [0.1, 0.15) is 26.7 Å². The van der Waals surface area contributed by atoms with Crippen LogP contribution in [-0.2, 0) is 0 Å². The number of nitrogens with zero attached hydrogens (tertiary/aromatic N) is 1. The van der Waals surface area contributed by atoms with E-state index in [0.29, 0.717) is 12.2 Å². The van der Waals surface area contributed by atoms with Gasteiger partial charge in [-0.15, -0.1) is 0 Å². The minimum absolute atomic E-state index is 0.522. The number of nitrogens with two attached hydrogens (primary N) is 1. The molecule has 0 saturated carbocycles. The van der Waals surface area contributed by atoms with Crippen LogP contribution in [0.5, 0.6) is 0 Å². The first-order chi connectivity index (χ1) is 9.09. The van der Waals surface area contributed by atoms with E-state index in [2.05, 4.69) is 10.3 Å². The van der Waals surface area contributed by atoms with Crippen LogP contribution >= 0.6 is 0 Å². The Balaban J connectivity index is 2.29. The number of hydrogen-bond donors (Lipinski definition) is 3. The van der Waals surface area contributed by atoms with E-state index >= 15 is 0 Å². The summed E-state index contributed by atoms with van der Waals surface area (Å²) < 4.78 is 0. The molecule has 0 unspecified atom stereocenters. The van der Waals surface area contributed by atoms with E-state index in [1.165, 1.54) is 0 Å².